The summed E-state index contributed by atoms with van der Waals surface area (Å²) < 4.78 is 65.9. The summed E-state index contributed by atoms with van der Waals surface area (Å²) >= 11 is 0. The van der Waals surface area contributed by atoms with Crippen molar-refractivity contribution in [2.24, 2.45) is 5.73 Å². The van der Waals surface area contributed by atoms with Crippen LogP contribution in [0.1, 0.15) is 49.3 Å². The number of amides is 1. The lowest BCUT2D eigenvalue weighted by Crippen LogP contribution is -2.55. The molecular formula is C23H28F3N3O3S. The van der Waals surface area contributed by atoms with Gasteiger partial charge in [0.2, 0.25) is 15.9 Å². The molecule has 2 aromatic rings. The van der Waals surface area contributed by atoms with Gasteiger partial charge in [-0.15, -0.1) is 0 Å². The standard InChI is InChI=1S/C23H28F3N3O3S/c1-15(2)17-5-9-20(10-6-17)33(31,32)29-12-11-19(27)13-21(29)22(30)28-14-16-3-7-18(8-4-16)23(24,25)26/h3-10,15,19,21H,11-14,27H2,1-2H3,(H,28,30)/t19-,21-/m1/s1. The van der Waals surface area contributed by atoms with Crippen molar-refractivity contribution in [2.75, 3.05) is 6.54 Å². The minimum absolute atomic E-state index is 0.0281. The second kappa shape index (κ2) is 9.82. The van der Waals surface area contributed by atoms with Gasteiger partial charge in [0.15, 0.2) is 0 Å². The third-order valence-corrected chi connectivity index (χ3v) is 7.72. The molecule has 1 heterocycles. The van der Waals surface area contributed by atoms with E-state index in [1.54, 1.807) is 12.1 Å². The summed E-state index contributed by atoms with van der Waals surface area (Å²) in [6, 6.07) is 9.69. The Labute approximate surface area is 192 Å². The molecule has 0 saturated carbocycles. The molecular weight excluding hydrogens is 455 g/mol. The summed E-state index contributed by atoms with van der Waals surface area (Å²) in [5.74, 6) is -0.286. The molecule has 180 valence electrons. The fourth-order valence-electron chi connectivity index (χ4n) is 3.78. The quantitative estimate of drug-likeness (QED) is 0.656. The Bertz CT molecular complexity index is 1070. The fraction of sp³-hybridized carbons (Fsp3) is 0.435. The van der Waals surface area contributed by atoms with Crippen LogP contribution in [0.15, 0.2) is 53.4 Å². The van der Waals surface area contributed by atoms with Gasteiger partial charge in [-0.25, -0.2) is 8.42 Å². The minimum Gasteiger partial charge on any atom is -0.351 e. The van der Waals surface area contributed by atoms with E-state index in [1.807, 2.05) is 13.8 Å². The molecule has 0 radical (unpaired) electrons. The van der Waals surface area contributed by atoms with E-state index < -0.39 is 33.7 Å². The summed E-state index contributed by atoms with van der Waals surface area (Å²) in [6.07, 6.45) is -3.86. The van der Waals surface area contributed by atoms with E-state index in [0.717, 1.165) is 17.7 Å². The zero-order valence-corrected chi connectivity index (χ0v) is 19.3. The number of alkyl halides is 3. The third-order valence-electron chi connectivity index (χ3n) is 5.80. The van der Waals surface area contributed by atoms with Crippen molar-refractivity contribution in [3.05, 3.63) is 65.2 Å². The number of benzene rings is 2. The molecule has 0 unspecified atom stereocenters. The predicted molar refractivity (Wildman–Crippen MR) is 119 cm³/mol. The Hall–Kier alpha value is -2.43. The average molecular weight is 484 g/mol. The predicted octanol–water partition coefficient (Wildman–Crippen LogP) is 3.63. The van der Waals surface area contributed by atoms with Crippen molar-refractivity contribution in [3.8, 4) is 0 Å². The van der Waals surface area contributed by atoms with E-state index in [0.29, 0.717) is 12.0 Å². The van der Waals surface area contributed by atoms with Gasteiger partial charge >= 0.3 is 6.18 Å². The maximum absolute atomic E-state index is 13.3. The van der Waals surface area contributed by atoms with Crippen molar-refractivity contribution in [2.45, 2.75) is 62.3 Å². The van der Waals surface area contributed by atoms with Crippen LogP contribution in [0.25, 0.3) is 0 Å². The van der Waals surface area contributed by atoms with Crippen LogP contribution in [-0.2, 0) is 27.5 Å². The molecule has 1 fully saturated rings. The Morgan fingerprint density at radius 3 is 2.27 bits per heavy atom. The van der Waals surface area contributed by atoms with Crippen molar-refractivity contribution in [3.63, 3.8) is 0 Å². The van der Waals surface area contributed by atoms with Crippen molar-refractivity contribution < 1.29 is 26.4 Å². The Morgan fingerprint density at radius 1 is 1.12 bits per heavy atom. The highest BCUT2D eigenvalue weighted by molar-refractivity contribution is 7.89. The second-order valence-corrected chi connectivity index (χ2v) is 10.4. The van der Waals surface area contributed by atoms with Crippen molar-refractivity contribution in [1.29, 1.82) is 0 Å². The van der Waals surface area contributed by atoms with Gasteiger partial charge in [-0.1, -0.05) is 38.1 Å². The SMILES string of the molecule is CC(C)c1ccc(S(=O)(=O)N2CC[C@@H](N)C[C@@H]2C(=O)NCc2ccc(C(F)(F)F)cc2)cc1. The van der Waals surface area contributed by atoms with Gasteiger partial charge in [-0.05, 0) is 54.2 Å². The molecule has 1 aliphatic heterocycles. The lowest BCUT2D eigenvalue weighted by Gasteiger charge is -2.36. The first kappa shape index (κ1) is 25.2. The van der Waals surface area contributed by atoms with Crippen LogP contribution in [0, 0.1) is 0 Å². The van der Waals surface area contributed by atoms with Gasteiger partial charge in [0, 0.05) is 19.1 Å². The first-order valence-electron chi connectivity index (χ1n) is 10.7. The lowest BCUT2D eigenvalue weighted by molar-refractivity contribution is -0.137. The number of piperidine rings is 1. The molecule has 2 atom stereocenters. The van der Waals surface area contributed by atoms with Gasteiger partial charge in [0.25, 0.3) is 0 Å². The molecule has 10 heteroatoms. The summed E-state index contributed by atoms with van der Waals surface area (Å²) in [4.78, 5) is 13.0. The summed E-state index contributed by atoms with van der Waals surface area (Å²) in [7, 11) is -3.94. The normalized spacial score (nSPS) is 20.1. The van der Waals surface area contributed by atoms with E-state index in [9.17, 15) is 26.4 Å². The molecule has 0 bridgehead atoms. The van der Waals surface area contributed by atoms with Crippen LogP contribution >= 0.6 is 0 Å². The van der Waals surface area contributed by atoms with Crippen LogP contribution in [0.2, 0.25) is 0 Å². The van der Waals surface area contributed by atoms with E-state index in [2.05, 4.69) is 5.32 Å². The molecule has 0 spiro atoms. The number of hydrogen-bond acceptors (Lipinski definition) is 4. The maximum atomic E-state index is 13.3. The number of nitrogens with zero attached hydrogens (tertiary/aromatic N) is 1. The molecule has 2 aromatic carbocycles. The topological polar surface area (TPSA) is 92.5 Å². The van der Waals surface area contributed by atoms with Crippen LogP contribution < -0.4 is 11.1 Å². The first-order chi connectivity index (χ1) is 15.4. The molecule has 33 heavy (non-hydrogen) atoms. The van der Waals surface area contributed by atoms with Gasteiger partial charge in [0.1, 0.15) is 6.04 Å². The molecule has 1 saturated heterocycles. The van der Waals surface area contributed by atoms with Crippen LogP contribution in [0.5, 0.6) is 0 Å². The first-order valence-corrected chi connectivity index (χ1v) is 12.1. The number of carbonyl (C=O) groups is 1. The van der Waals surface area contributed by atoms with Crippen molar-refractivity contribution >= 4 is 15.9 Å². The van der Waals surface area contributed by atoms with E-state index in [-0.39, 0.29) is 36.4 Å². The molecule has 1 amide bonds. The number of nitrogens with one attached hydrogen (secondary N) is 1. The maximum Gasteiger partial charge on any atom is 0.416 e. The number of nitrogens with two attached hydrogens (primary N) is 1. The minimum atomic E-state index is -4.44. The van der Waals surface area contributed by atoms with Crippen LogP contribution in [0.4, 0.5) is 13.2 Å². The second-order valence-electron chi connectivity index (χ2n) is 8.55. The number of rotatable bonds is 6. The Balaban J connectivity index is 1.75. The average Bonchev–Trinajstić information content (AvgIpc) is 2.77. The Kier molecular flexibility index (Phi) is 7.50. The van der Waals surface area contributed by atoms with Crippen LogP contribution in [-0.4, -0.2) is 37.3 Å². The largest absolute Gasteiger partial charge is 0.416 e. The van der Waals surface area contributed by atoms with E-state index in [4.69, 9.17) is 5.73 Å². The zero-order chi connectivity index (χ0) is 24.4. The molecule has 3 N–H and O–H groups in total. The lowest BCUT2D eigenvalue weighted by atomic mass is 9.99. The highest BCUT2D eigenvalue weighted by Gasteiger charge is 2.40. The van der Waals surface area contributed by atoms with E-state index >= 15 is 0 Å². The molecule has 0 aromatic heterocycles. The highest BCUT2D eigenvalue weighted by atomic mass is 32.2. The van der Waals surface area contributed by atoms with Crippen LogP contribution in [0.3, 0.4) is 0 Å². The molecule has 6 nitrogen and oxygen atoms in total. The van der Waals surface area contributed by atoms with Gasteiger partial charge in [-0.3, -0.25) is 4.79 Å². The summed E-state index contributed by atoms with van der Waals surface area (Å²) in [6.45, 7) is 4.09. The summed E-state index contributed by atoms with van der Waals surface area (Å²) in [5.41, 5.74) is 6.70. The van der Waals surface area contributed by atoms with Gasteiger partial charge < -0.3 is 11.1 Å². The molecule has 1 aliphatic rings. The molecule has 3 rings (SSSR count). The third kappa shape index (κ3) is 5.93. The van der Waals surface area contributed by atoms with Gasteiger partial charge in [-0.2, -0.15) is 17.5 Å². The van der Waals surface area contributed by atoms with E-state index in [1.165, 1.54) is 28.6 Å². The highest BCUT2D eigenvalue weighted by Crippen LogP contribution is 2.29. The molecule has 0 aliphatic carbocycles. The monoisotopic (exact) mass is 483 g/mol. The smallest absolute Gasteiger partial charge is 0.351 e. The number of carbonyl (C=O) groups excluding carboxylic acids is 1. The number of hydrogen-bond donors (Lipinski definition) is 2. The fourth-order valence-corrected chi connectivity index (χ4v) is 5.39. The zero-order valence-electron chi connectivity index (χ0n) is 18.5. The van der Waals surface area contributed by atoms with Gasteiger partial charge in [0.05, 0.1) is 10.5 Å². The summed E-state index contributed by atoms with van der Waals surface area (Å²) in [5, 5.41) is 2.64. The Morgan fingerprint density at radius 2 is 1.73 bits per heavy atom. The number of sulfonamides is 1. The van der Waals surface area contributed by atoms with Crippen molar-refractivity contribution in [1.82, 2.24) is 9.62 Å². The number of halogens is 3.